The molecule has 0 saturated carbocycles. The molecular formula is C19H21N3O. The number of aromatic amines is 1. The standard InChI is InChI=1S/C19H21N3O/c1-14(2)22-12-11-21-19(22)18(23)13-16(17-9-6-10-20-17)15-7-4-3-5-8-15/h3-12,14,16,20H,13H2,1-2H3/t16-/m0/s1. The number of hydrogen-bond donors (Lipinski definition) is 1. The highest BCUT2D eigenvalue weighted by molar-refractivity contribution is 5.93. The van der Waals surface area contributed by atoms with Gasteiger partial charge in [-0.3, -0.25) is 4.79 Å². The molecule has 0 spiro atoms. The predicted molar refractivity (Wildman–Crippen MR) is 90.6 cm³/mol. The Hall–Kier alpha value is -2.62. The van der Waals surface area contributed by atoms with E-state index in [0.717, 1.165) is 11.3 Å². The summed E-state index contributed by atoms with van der Waals surface area (Å²) in [6.45, 7) is 4.11. The number of H-pyrrole nitrogens is 1. The Kier molecular flexibility index (Phi) is 4.42. The maximum absolute atomic E-state index is 12.8. The summed E-state index contributed by atoms with van der Waals surface area (Å²) in [5.74, 6) is 0.607. The van der Waals surface area contributed by atoms with Crippen molar-refractivity contribution in [2.45, 2.75) is 32.2 Å². The van der Waals surface area contributed by atoms with Crippen LogP contribution >= 0.6 is 0 Å². The van der Waals surface area contributed by atoms with E-state index in [1.165, 1.54) is 0 Å². The van der Waals surface area contributed by atoms with E-state index in [9.17, 15) is 4.79 Å². The van der Waals surface area contributed by atoms with E-state index in [2.05, 4.69) is 35.9 Å². The van der Waals surface area contributed by atoms with Gasteiger partial charge in [0.1, 0.15) is 0 Å². The van der Waals surface area contributed by atoms with Gasteiger partial charge in [-0.2, -0.15) is 0 Å². The third kappa shape index (κ3) is 3.26. The lowest BCUT2D eigenvalue weighted by Gasteiger charge is -2.17. The van der Waals surface area contributed by atoms with Crippen molar-refractivity contribution >= 4 is 5.78 Å². The fourth-order valence-corrected chi connectivity index (χ4v) is 2.88. The van der Waals surface area contributed by atoms with Gasteiger partial charge in [-0.1, -0.05) is 30.3 Å². The van der Waals surface area contributed by atoms with Gasteiger partial charge >= 0.3 is 0 Å². The number of imidazole rings is 1. The summed E-state index contributed by atoms with van der Waals surface area (Å²) in [5, 5.41) is 0. The molecule has 2 aromatic heterocycles. The molecule has 3 rings (SSSR count). The van der Waals surface area contributed by atoms with Crippen molar-refractivity contribution in [3.8, 4) is 0 Å². The molecular weight excluding hydrogens is 286 g/mol. The molecule has 0 amide bonds. The second-order valence-electron chi connectivity index (χ2n) is 5.97. The van der Waals surface area contributed by atoms with Crippen LogP contribution in [0.1, 0.15) is 54.1 Å². The van der Waals surface area contributed by atoms with Gasteiger partial charge in [-0.25, -0.2) is 4.98 Å². The van der Waals surface area contributed by atoms with Crippen LogP contribution in [0.25, 0.3) is 0 Å². The number of benzene rings is 1. The molecule has 23 heavy (non-hydrogen) atoms. The molecule has 2 heterocycles. The van der Waals surface area contributed by atoms with Crippen LogP contribution in [0.2, 0.25) is 0 Å². The fourth-order valence-electron chi connectivity index (χ4n) is 2.88. The number of rotatable bonds is 6. The van der Waals surface area contributed by atoms with Crippen molar-refractivity contribution in [1.29, 1.82) is 0 Å². The van der Waals surface area contributed by atoms with E-state index < -0.39 is 0 Å². The van der Waals surface area contributed by atoms with E-state index >= 15 is 0 Å². The normalized spacial score (nSPS) is 12.5. The van der Waals surface area contributed by atoms with Crippen LogP contribution in [-0.4, -0.2) is 20.3 Å². The molecule has 0 bridgehead atoms. The largest absolute Gasteiger partial charge is 0.364 e. The number of nitrogens with zero attached hydrogens (tertiary/aromatic N) is 2. The number of carbonyl (C=O) groups is 1. The molecule has 3 aromatic rings. The first-order valence-electron chi connectivity index (χ1n) is 7.91. The molecule has 1 atom stereocenters. The van der Waals surface area contributed by atoms with Gasteiger partial charge in [-0.15, -0.1) is 0 Å². The molecule has 4 heteroatoms. The number of hydrogen-bond acceptors (Lipinski definition) is 2. The van der Waals surface area contributed by atoms with Crippen LogP contribution < -0.4 is 0 Å². The summed E-state index contributed by atoms with van der Waals surface area (Å²) in [6.07, 6.45) is 5.85. The van der Waals surface area contributed by atoms with Crippen molar-refractivity contribution in [2.24, 2.45) is 0 Å². The smallest absolute Gasteiger partial charge is 0.199 e. The molecule has 0 aliphatic rings. The zero-order valence-electron chi connectivity index (χ0n) is 13.4. The molecule has 118 valence electrons. The van der Waals surface area contributed by atoms with Gasteiger partial charge in [-0.05, 0) is 31.5 Å². The second kappa shape index (κ2) is 6.65. The summed E-state index contributed by atoms with van der Waals surface area (Å²) in [6, 6.07) is 14.3. The van der Waals surface area contributed by atoms with Gasteiger partial charge in [0, 0.05) is 42.7 Å². The van der Waals surface area contributed by atoms with E-state index in [0.29, 0.717) is 12.2 Å². The number of Topliss-reactive ketones (excluding diaryl/α,β-unsaturated/α-hetero) is 1. The van der Waals surface area contributed by atoms with Crippen LogP contribution in [0.3, 0.4) is 0 Å². The van der Waals surface area contributed by atoms with E-state index in [4.69, 9.17) is 0 Å². The highest BCUT2D eigenvalue weighted by Crippen LogP contribution is 2.28. The molecule has 0 unspecified atom stereocenters. The topological polar surface area (TPSA) is 50.7 Å². The molecule has 0 aliphatic carbocycles. The van der Waals surface area contributed by atoms with Crippen molar-refractivity contribution in [2.75, 3.05) is 0 Å². The molecule has 1 aromatic carbocycles. The quantitative estimate of drug-likeness (QED) is 0.694. The van der Waals surface area contributed by atoms with E-state index in [1.54, 1.807) is 6.20 Å². The molecule has 0 saturated heterocycles. The third-order valence-electron chi connectivity index (χ3n) is 4.06. The minimum atomic E-state index is 0.0102. The van der Waals surface area contributed by atoms with Crippen molar-refractivity contribution in [3.05, 3.63) is 78.1 Å². The third-order valence-corrected chi connectivity index (χ3v) is 4.06. The lowest BCUT2D eigenvalue weighted by molar-refractivity contribution is 0.0961. The lowest BCUT2D eigenvalue weighted by atomic mass is 9.90. The van der Waals surface area contributed by atoms with Crippen LogP contribution in [0.4, 0.5) is 0 Å². The molecule has 0 radical (unpaired) electrons. The summed E-state index contributed by atoms with van der Waals surface area (Å²) in [4.78, 5) is 20.3. The van der Waals surface area contributed by atoms with Gasteiger partial charge in [0.25, 0.3) is 0 Å². The van der Waals surface area contributed by atoms with E-state index in [1.807, 2.05) is 47.3 Å². The zero-order chi connectivity index (χ0) is 16.2. The maximum Gasteiger partial charge on any atom is 0.199 e. The summed E-state index contributed by atoms with van der Waals surface area (Å²) < 4.78 is 1.93. The molecule has 0 fully saturated rings. The summed E-state index contributed by atoms with van der Waals surface area (Å²) >= 11 is 0. The highest BCUT2D eigenvalue weighted by Gasteiger charge is 2.23. The Morgan fingerprint density at radius 2 is 1.96 bits per heavy atom. The van der Waals surface area contributed by atoms with Gasteiger partial charge in [0.15, 0.2) is 11.6 Å². The minimum absolute atomic E-state index is 0.0102. The molecule has 4 nitrogen and oxygen atoms in total. The minimum Gasteiger partial charge on any atom is -0.364 e. The first kappa shape index (κ1) is 15.3. The maximum atomic E-state index is 12.8. The van der Waals surface area contributed by atoms with Crippen LogP contribution in [0, 0.1) is 0 Å². The van der Waals surface area contributed by atoms with Crippen LogP contribution in [-0.2, 0) is 0 Å². The lowest BCUT2D eigenvalue weighted by Crippen LogP contribution is -2.15. The van der Waals surface area contributed by atoms with Crippen molar-refractivity contribution in [1.82, 2.24) is 14.5 Å². The number of carbonyl (C=O) groups excluding carboxylic acids is 1. The first-order valence-corrected chi connectivity index (χ1v) is 7.91. The SMILES string of the molecule is CC(C)n1ccnc1C(=O)C[C@@H](c1ccccc1)c1ccc[nH]1. The predicted octanol–water partition coefficient (Wildman–Crippen LogP) is 4.20. The van der Waals surface area contributed by atoms with Crippen molar-refractivity contribution < 1.29 is 4.79 Å². The Morgan fingerprint density at radius 1 is 1.17 bits per heavy atom. The summed E-state index contributed by atoms with van der Waals surface area (Å²) in [7, 11) is 0. The second-order valence-corrected chi connectivity index (χ2v) is 5.97. The Balaban J connectivity index is 1.90. The average Bonchev–Trinajstić information content (AvgIpc) is 3.24. The van der Waals surface area contributed by atoms with Gasteiger partial charge < -0.3 is 9.55 Å². The van der Waals surface area contributed by atoms with Crippen LogP contribution in [0.5, 0.6) is 0 Å². The molecule has 0 aliphatic heterocycles. The molecule has 1 N–H and O–H groups in total. The monoisotopic (exact) mass is 307 g/mol. The summed E-state index contributed by atoms with van der Waals surface area (Å²) in [5.41, 5.74) is 2.18. The number of aromatic nitrogens is 3. The average molecular weight is 307 g/mol. The first-order chi connectivity index (χ1) is 11.2. The Labute approximate surface area is 136 Å². The van der Waals surface area contributed by atoms with Crippen LogP contribution in [0.15, 0.2) is 61.1 Å². The highest BCUT2D eigenvalue weighted by atomic mass is 16.1. The van der Waals surface area contributed by atoms with Gasteiger partial charge in [0.2, 0.25) is 0 Å². The number of nitrogens with one attached hydrogen (secondary N) is 1. The Morgan fingerprint density at radius 3 is 2.61 bits per heavy atom. The van der Waals surface area contributed by atoms with E-state index in [-0.39, 0.29) is 17.7 Å². The zero-order valence-corrected chi connectivity index (χ0v) is 13.4. The van der Waals surface area contributed by atoms with Crippen molar-refractivity contribution in [3.63, 3.8) is 0 Å². The Bertz CT molecular complexity index is 757. The fraction of sp³-hybridized carbons (Fsp3) is 0.263. The number of ketones is 1. The van der Waals surface area contributed by atoms with Gasteiger partial charge in [0.05, 0.1) is 0 Å².